The Bertz CT molecular complexity index is 357. The van der Waals surface area contributed by atoms with Gasteiger partial charge in [0.1, 0.15) is 24.0 Å². The molecule has 0 saturated carbocycles. The second kappa shape index (κ2) is 4.31. The van der Waals surface area contributed by atoms with Crippen LogP contribution in [-0.4, -0.2) is 32.4 Å². The van der Waals surface area contributed by atoms with Crippen molar-refractivity contribution in [3.63, 3.8) is 0 Å². The van der Waals surface area contributed by atoms with Gasteiger partial charge in [-0.25, -0.2) is 4.79 Å². The number of epoxide rings is 1. The number of carbonyl (C=O) groups is 1. The van der Waals surface area contributed by atoms with Crippen molar-refractivity contribution in [1.82, 2.24) is 0 Å². The molecule has 2 rings (SSSR count). The Kier molecular flexibility index (Phi) is 2.87. The van der Waals surface area contributed by atoms with Crippen molar-refractivity contribution in [3.05, 3.63) is 29.8 Å². The number of para-hydroxylation sites is 1. The molecule has 1 saturated heterocycles. The highest BCUT2D eigenvalue weighted by Crippen LogP contribution is 2.19. The molecule has 0 N–H and O–H groups in total. The summed E-state index contributed by atoms with van der Waals surface area (Å²) in [5.41, 5.74) is 0.445. The molecule has 0 aromatic heterocycles. The van der Waals surface area contributed by atoms with Crippen molar-refractivity contribution in [2.75, 3.05) is 20.3 Å². The van der Waals surface area contributed by atoms with Crippen LogP contribution >= 0.6 is 0 Å². The zero-order valence-corrected chi connectivity index (χ0v) is 8.43. The average molecular weight is 208 g/mol. The number of methoxy groups -OCH3 is 1. The van der Waals surface area contributed by atoms with Crippen LogP contribution in [0, 0.1) is 0 Å². The third kappa shape index (κ3) is 2.47. The van der Waals surface area contributed by atoms with Gasteiger partial charge in [0, 0.05) is 0 Å². The van der Waals surface area contributed by atoms with E-state index in [1.807, 2.05) is 0 Å². The second-order valence-corrected chi connectivity index (χ2v) is 3.25. The smallest absolute Gasteiger partial charge is 0.342 e. The number of benzene rings is 1. The second-order valence-electron chi connectivity index (χ2n) is 3.25. The molecule has 4 nitrogen and oxygen atoms in total. The van der Waals surface area contributed by atoms with Gasteiger partial charge >= 0.3 is 5.97 Å². The molecule has 0 spiro atoms. The molecule has 0 aliphatic carbocycles. The summed E-state index contributed by atoms with van der Waals surface area (Å²) >= 11 is 0. The maximum absolute atomic E-state index is 11.6. The Hall–Kier alpha value is -1.55. The molecule has 15 heavy (non-hydrogen) atoms. The van der Waals surface area contributed by atoms with Crippen LogP contribution in [0.1, 0.15) is 10.4 Å². The van der Waals surface area contributed by atoms with Gasteiger partial charge in [0.15, 0.2) is 0 Å². The molecule has 4 heteroatoms. The summed E-state index contributed by atoms with van der Waals surface area (Å²) in [4.78, 5) is 11.6. The summed E-state index contributed by atoms with van der Waals surface area (Å²) < 4.78 is 15.1. The highest BCUT2D eigenvalue weighted by molar-refractivity contribution is 5.92. The van der Waals surface area contributed by atoms with Gasteiger partial charge in [-0.3, -0.25) is 0 Å². The molecular weight excluding hydrogens is 196 g/mol. The van der Waals surface area contributed by atoms with Crippen LogP contribution < -0.4 is 4.74 Å². The number of carbonyl (C=O) groups excluding carboxylic acids is 1. The van der Waals surface area contributed by atoms with E-state index in [9.17, 15) is 4.79 Å². The van der Waals surface area contributed by atoms with Crippen LogP contribution in [-0.2, 0) is 9.47 Å². The van der Waals surface area contributed by atoms with Gasteiger partial charge in [0.05, 0.1) is 13.7 Å². The van der Waals surface area contributed by atoms with E-state index in [2.05, 4.69) is 0 Å². The lowest BCUT2D eigenvalue weighted by molar-refractivity contribution is 0.0473. The van der Waals surface area contributed by atoms with Gasteiger partial charge in [0.25, 0.3) is 0 Å². The van der Waals surface area contributed by atoms with E-state index in [1.165, 1.54) is 7.11 Å². The summed E-state index contributed by atoms with van der Waals surface area (Å²) in [7, 11) is 1.52. The Morgan fingerprint density at radius 1 is 1.53 bits per heavy atom. The molecule has 1 atom stereocenters. The van der Waals surface area contributed by atoms with Gasteiger partial charge in [-0.15, -0.1) is 0 Å². The first-order valence-electron chi connectivity index (χ1n) is 4.73. The monoisotopic (exact) mass is 208 g/mol. The molecule has 80 valence electrons. The Balaban J connectivity index is 2.02. The van der Waals surface area contributed by atoms with Crippen LogP contribution in [0.4, 0.5) is 0 Å². The zero-order chi connectivity index (χ0) is 10.7. The first-order valence-corrected chi connectivity index (χ1v) is 4.73. The van der Waals surface area contributed by atoms with Crippen LogP contribution in [0.25, 0.3) is 0 Å². The largest absolute Gasteiger partial charge is 0.496 e. The molecule has 1 fully saturated rings. The normalized spacial score (nSPS) is 18.3. The number of esters is 1. The topological polar surface area (TPSA) is 48.1 Å². The number of hydrogen-bond acceptors (Lipinski definition) is 4. The minimum absolute atomic E-state index is 0.0867. The van der Waals surface area contributed by atoms with Gasteiger partial charge in [-0.2, -0.15) is 0 Å². The highest BCUT2D eigenvalue weighted by Gasteiger charge is 2.25. The van der Waals surface area contributed by atoms with Gasteiger partial charge < -0.3 is 14.2 Å². The Morgan fingerprint density at radius 2 is 2.27 bits per heavy atom. The first kappa shape index (κ1) is 9.98. The summed E-state index contributed by atoms with van der Waals surface area (Å²) in [5.74, 6) is 0.155. The van der Waals surface area contributed by atoms with E-state index in [0.717, 1.165) is 0 Å². The van der Waals surface area contributed by atoms with Gasteiger partial charge in [-0.1, -0.05) is 12.1 Å². The lowest BCUT2D eigenvalue weighted by Crippen LogP contribution is -2.11. The molecule has 1 heterocycles. The van der Waals surface area contributed by atoms with Crippen LogP contribution in [0.2, 0.25) is 0 Å². The van der Waals surface area contributed by atoms with E-state index in [1.54, 1.807) is 24.3 Å². The minimum atomic E-state index is -0.372. The van der Waals surface area contributed by atoms with Crippen molar-refractivity contribution in [2.45, 2.75) is 6.10 Å². The lowest BCUT2D eigenvalue weighted by Gasteiger charge is -2.07. The first-order chi connectivity index (χ1) is 7.31. The molecule has 1 aliphatic heterocycles. The molecule has 0 amide bonds. The predicted octanol–water partition coefficient (Wildman–Crippen LogP) is 1.25. The van der Waals surface area contributed by atoms with Crippen molar-refractivity contribution in [3.8, 4) is 5.75 Å². The maximum Gasteiger partial charge on any atom is 0.342 e. The van der Waals surface area contributed by atoms with Crippen molar-refractivity contribution in [1.29, 1.82) is 0 Å². The van der Waals surface area contributed by atoms with Crippen LogP contribution in [0.15, 0.2) is 24.3 Å². The third-order valence-corrected chi connectivity index (χ3v) is 2.13. The molecule has 0 radical (unpaired) electrons. The summed E-state index contributed by atoms with van der Waals surface area (Å²) in [5, 5.41) is 0. The fraction of sp³-hybridized carbons (Fsp3) is 0.364. The quantitative estimate of drug-likeness (QED) is 0.552. The third-order valence-electron chi connectivity index (χ3n) is 2.13. The van der Waals surface area contributed by atoms with Crippen molar-refractivity contribution in [2.24, 2.45) is 0 Å². The van der Waals surface area contributed by atoms with Crippen molar-refractivity contribution < 1.29 is 19.0 Å². The Labute approximate surface area is 87.8 Å². The highest BCUT2D eigenvalue weighted by atomic mass is 16.6. The molecule has 1 aliphatic rings. The SMILES string of the molecule is COc1ccccc1C(=O)OC[C@H]1CO1. The molecular formula is C11H12O4. The van der Waals surface area contributed by atoms with Crippen LogP contribution in [0.3, 0.4) is 0 Å². The van der Waals surface area contributed by atoms with E-state index in [0.29, 0.717) is 24.5 Å². The summed E-state index contributed by atoms with van der Waals surface area (Å²) in [6.45, 7) is 0.996. The van der Waals surface area contributed by atoms with E-state index in [-0.39, 0.29) is 12.1 Å². The molecule has 1 aromatic rings. The molecule has 1 aromatic carbocycles. The van der Waals surface area contributed by atoms with E-state index in [4.69, 9.17) is 14.2 Å². The fourth-order valence-electron chi connectivity index (χ4n) is 1.22. The maximum atomic E-state index is 11.6. The van der Waals surface area contributed by atoms with E-state index >= 15 is 0 Å². The summed E-state index contributed by atoms with van der Waals surface area (Å²) in [6, 6.07) is 6.98. The Morgan fingerprint density at radius 3 is 2.93 bits per heavy atom. The minimum Gasteiger partial charge on any atom is -0.496 e. The molecule has 0 unspecified atom stereocenters. The number of ether oxygens (including phenoxy) is 3. The molecule has 0 bridgehead atoms. The zero-order valence-electron chi connectivity index (χ0n) is 8.43. The van der Waals surface area contributed by atoms with Gasteiger partial charge in [-0.05, 0) is 12.1 Å². The summed E-state index contributed by atoms with van der Waals surface area (Å²) in [6.07, 6.45) is 0.0867. The fourth-order valence-corrected chi connectivity index (χ4v) is 1.22. The lowest BCUT2D eigenvalue weighted by atomic mass is 10.2. The predicted molar refractivity (Wildman–Crippen MR) is 53.0 cm³/mol. The number of hydrogen-bond donors (Lipinski definition) is 0. The average Bonchev–Trinajstić information content (AvgIpc) is 3.09. The van der Waals surface area contributed by atoms with E-state index < -0.39 is 0 Å². The van der Waals surface area contributed by atoms with Gasteiger partial charge in [0.2, 0.25) is 0 Å². The standard InChI is InChI=1S/C11H12O4/c1-13-10-5-3-2-4-9(10)11(12)15-7-8-6-14-8/h2-5,8H,6-7H2,1H3/t8-/m1/s1. The van der Waals surface area contributed by atoms with Crippen molar-refractivity contribution >= 4 is 5.97 Å². The number of rotatable bonds is 4. The van der Waals surface area contributed by atoms with Crippen LogP contribution in [0.5, 0.6) is 5.75 Å².